The molecule has 0 spiro atoms. The Bertz CT molecular complexity index is 884. The first-order valence-electron chi connectivity index (χ1n) is 9.21. The Kier molecular flexibility index (Phi) is 6.59. The van der Waals surface area contributed by atoms with Crippen molar-refractivity contribution < 1.29 is 14.3 Å². The summed E-state index contributed by atoms with van der Waals surface area (Å²) in [6.45, 7) is 2.76. The van der Waals surface area contributed by atoms with Crippen molar-refractivity contribution in [3.05, 3.63) is 45.3 Å². The zero-order valence-corrected chi connectivity index (χ0v) is 17.5. The molecule has 3 rings (SSSR count). The smallest absolute Gasteiger partial charge is 0.251 e. The number of para-hydroxylation sites is 1. The number of carbonyl (C=O) groups is 2. The number of aryl methyl sites for hydroxylation is 1. The minimum absolute atomic E-state index is 0.178. The number of fused-ring (bicyclic) bond motifs is 1. The Balaban J connectivity index is 1.57. The van der Waals surface area contributed by atoms with Crippen LogP contribution in [0.2, 0.25) is 5.02 Å². The summed E-state index contributed by atoms with van der Waals surface area (Å²) in [7, 11) is 1.85. The lowest BCUT2D eigenvalue weighted by Gasteiger charge is -2.24. The minimum atomic E-state index is -0.483. The summed E-state index contributed by atoms with van der Waals surface area (Å²) in [6, 6.07) is 6.88. The van der Waals surface area contributed by atoms with Gasteiger partial charge in [-0.1, -0.05) is 23.7 Å². The van der Waals surface area contributed by atoms with Crippen LogP contribution in [0.3, 0.4) is 0 Å². The monoisotopic (exact) mass is 421 g/mol. The Morgan fingerprint density at radius 1 is 1.36 bits per heavy atom. The van der Waals surface area contributed by atoms with Gasteiger partial charge in [-0.25, -0.2) is 0 Å². The summed E-state index contributed by atoms with van der Waals surface area (Å²) in [5, 5.41) is 4.02. The normalized spacial score (nSPS) is 14.0. The fraction of sp³-hybridized carbons (Fsp3) is 0.400. The van der Waals surface area contributed by atoms with Gasteiger partial charge < -0.3 is 15.8 Å². The van der Waals surface area contributed by atoms with Crippen LogP contribution in [0.25, 0.3) is 0 Å². The molecule has 2 aromatic rings. The quantitative estimate of drug-likeness (QED) is 0.684. The number of halogens is 1. The Morgan fingerprint density at radius 3 is 2.82 bits per heavy atom. The minimum Gasteiger partial charge on any atom is -0.491 e. The van der Waals surface area contributed by atoms with Crippen LogP contribution in [0.4, 0.5) is 5.00 Å². The summed E-state index contributed by atoms with van der Waals surface area (Å²) in [5.41, 5.74) is 7.03. The van der Waals surface area contributed by atoms with E-state index in [-0.39, 0.29) is 5.91 Å². The topological polar surface area (TPSA) is 84.7 Å². The molecule has 28 heavy (non-hydrogen) atoms. The number of hydrogen-bond donors (Lipinski definition) is 2. The Hall–Kier alpha value is -2.09. The molecule has 150 valence electrons. The van der Waals surface area contributed by atoms with Gasteiger partial charge in [-0.15, -0.1) is 11.3 Å². The van der Waals surface area contributed by atoms with Crippen LogP contribution in [-0.4, -0.2) is 43.0 Å². The average molecular weight is 422 g/mol. The van der Waals surface area contributed by atoms with Crippen molar-refractivity contribution >= 4 is 39.8 Å². The van der Waals surface area contributed by atoms with E-state index >= 15 is 0 Å². The van der Waals surface area contributed by atoms with Crippen molar-refractivity contribution in [3.63, 3.8) is 0 Å². The number of thiophene rings is 1. The van der Waals surface area contributed by atoms with Crippen LogP contribution in [0.15, 0.2) is 24.3 Å². The summed E-state index contributed by atoms with van der Waals surface area (Å²) < 4.78 is 5.68. The number of nitrogens with zero attached hydrogens (tertiary/aromatic N) is 1. The first kappa shape index (κ1) is 20.6. The number of nitrogens with two attached hydrogens (primary N) is 1. The molecule has 0 saturated heterocycles. The SMILES string of the molecule is CC(C(=O)Nc1sc2c(c1C(N)=O)CCC2)N(C)CCOc1ccccc1Cl. The molecule has 2 amide bonds. The average Bonchev–Trinajstić information content (AvgIpc) is 3.22. The van der Waals surface area contributed by atoms with E-state index < -0.39 is 11.9 Å². The van der Waals surface area contributed by atoms with Gasteiger partial charge in [0.1, 0.15) is 17.4 Å². The zero-order chi connectivity index (χ0) is 20.3. The van der Waals surface area contributed by atoms with Crippen molar-refractivity contribution in [2.75, 3.05) is 25.5 Å². The molecule has 1 aliphatic rings. The maximum atomic E-state index is 12.7. The number of benzene rings is 1. The molecule has 3 N–H and O–H groups in total. The summed E-state index contributed by atoms with van der Waals surface area (Å²) >= 11 is 7.54. The second kappa shape index (κ2) is 8.94. The van der Waals surface area contributed by atoms with E-state index in [9.17, 15) is 9.59 Å². The van der Waals surface area contributed by atoms with E-state index in [2.05, 4.69) is 5.32 Å². The molecule has 6 nitrogen and oxygen atoms in total. The molecule has 1 unspecified atom stereocenters. The first-order valence-corrected chi connectivity index (χ1v) is 10.4. The van der Waals surface area contributed by atoms with Crippen LogP contribution in [0, 0.1) is 0 Å². The molecule has 0 fully saturated rings. The highest BCUT2D eigenvalue weighted by atomic mass is 35.5. The van der Waals surface area contributed by atoms with E-state index in [0.717, 1.165) is 29.7 Å². The lowest BCUT2D eigenvalue weighted by molar-refractivity contribution is -0.120. The second-order valence-electron chi connectivity index (χ2n) is 6.85. The third-order valence-electron chi connectivity index (χ3n) is 4.98. The maximum Gasteiger partial charge on any atom is 0.251 e. The van der Waals surface area contributed by atoms with Crippen LogP contribution < -0.4 is 15.8 Å². The van der Waals surface area contributed by atoms with Gasteiger partial charge in [0.2, 0.25) is 5.91 Å². The molecular formula is C20H24ClN3O3S. The molecular weight excluding hydrogens is 398 g/mol. The number of likely N-dealkylation sites (N-methyl/N-ethyl adjacent to an activating group) is 1. The molecule has 1 aliphatic carbocycles. The van der Waals surface area contributed by atoms with Crippen molar-refractivity contribution in [1.29, 1.82) is 0 Å². The molecule has 1 heterocycles. The molecule has 1 atom stereocenters. The van der Waals surface area contributed by atoms with Gasteiger partial charge in [-0.2, -0.15) is 0 Å². The van der Waals surface area contributed by atoms with E-state index in [4.69, 9.17) is 22.1 Å². The van der Waals surface area contributed by atoms with Gasteiger partial charge in [0.05, 0.1) is 16.6 Å². The Morgan fingerprint density at radius 2 is 2.11 bits per heavy atom. The van der Waals surface area contributed by atoms with Crippen LogP contribution in [-0.2, 0) is 17.6 Å². The number of amides is 2. The number of ether oxygens (including phenoxy) is 1. The fourth-order valence-corrected chi connectivity index (χ4v) is 4.71. The van der Waals surface area contributed by atoms with Crippen molar-refractivity contribution in [1.82, 2.24) is 4.90 Å². The van der Waals surface area contributed by atoms with Crippen molar-refractivity contribution in [2.45, 2.75) is 32.2 Å². The van der Waals surface area contributed by atoms with Gasteiger partial charge in [-0.3, -0.25) is 14.5 Å². The molecule has 0 radical (unpaired) electrons. The predicted octanol–water partition coefficient (Wildman–Crippen LogP) is 3.33. The van der Waals surface area contributed by atoms with Gasteiger partial charge in [0.15, 0.2) is 0 Å². The predicted molar refractivity (Wildman–Crippen MR) is 113 cm³/mol. The second-order valence-corrected chi connectivity index (χ2v) is 8.36. The van der Waals surface area contributed by atoms with Crippen LogP contribution >= 0.6 is 22.9 Å². The summed E-state index contributed by atoms with van der Waals surface area (Å²) in [6.07, 6.45) is 2.81. The molecule has 0 bridgehead atoms. The van der Waals surface area contributed by atoms with E-state index in [0.29, 0.717) is 34.5 Å². The third-order valence-corrected chi connectivity index (χ3v) is 6.50. The molecule has 8 heteroatoms. The lowest BCUT2D eigenvalue weighted by atomic mass is 10.1. The Labute approximate surface area is 173 Å². The summed E-state index contributed by atoms with van der Waals surface area (Å²) in [4.78, 5) is 27.6. The van der Waals surface area contributed by atoms with Gasteiger partial charge in [0.25, 0.3) is 5.91 Å². The van der Waals surface area contributed by atoms with E-state index in [1.807, 2.05) is 31.0 Å². The number of nitrogens with one attached hydrogen (secondary N) is 1. The maximum absolute atomic E-state index is 12.7. The number of hydrogen-bond acceptors (Lipinski definition) is 5. The van der Waals surface area contributed by atoms with Crippen molar-refractivity contribution in [2.24, 2.45) is 5.73 Å². The van der Waals surface area contributed by atoms with Gasteiger partial charge in [-0.05, 0) is 50.9 Å². The highest BCUT2D eigenvalue weighted by Gasteiger charge is 2.27. The largest absolute Gasteiger partial charge is 0.491 e. The lowest BCUT2D eigenvalue weighted by Crippen LogP contribution is -2.41. The standard InChI is InChI=1S/C20H24ClN3O3S/c1-12(24(2)10-11-27-15-8-4-3-7-14(15)21)19(26)23-20-17(18(22)25)13-6-5-9-16(13)28-20/h3-4,7-8,12H,5-6,9-11H2,1-2H3,(H2,22,25)(H,23,26). The number of carbonyl (C=O) groups excluding carboxylic acids is 2. The van der Waals surface area contributed by atoms with E-state index in [1.165, 1.54) is 11.3 Å². The van der Waals surface area contributed by atoms with Crippen molar-refractivity contribution in [3.8, 4) is 5.75 Å². The molecule has 0 saturated carbocycles. The number of anilines is 1. The van der Waals surface area contributed by atoms with E-state index in [1.54, 1.807) is 12.1 Å². The van der Waals surface area contributed by atoms with Gasteiger partial charge >= 0.3 is 0 Å². The zero-order valence-electron chi connectivity index (χ0n) is 16.0. The highest BCUT2D eigenvalue weighted by molar-refractivity contribution is 7.17. The highest BCUT2D eigenvalue weighted by Crippen LogP contribution is 2.38. The molecule has 1 aromatic carbocycles. The van der Waals surface area contributed by atoms with Crippen LogP contribution in [0.5, 0.6) is 5.75 Å². The third kappa shape index (κ3) is 4.48. The molecule has 1 aromatic heterocycles. The fourth-order valence-electron chi connectivity index (χ4n) is 3.22. The van der Waals surface area contributed by atoms with Gasteiger partial charge in [0, 0.05) is 11.4 Å². The number of primary amides is 1. The summed E-state index contributed by atoms with van der Waals surface area (Å²) in [5.74, 6) is -0.0413. The first-order chi connectivity index (χ1) is 13.4. The number of rotatable bonds is 8. The van der Waals surface area contributed by atoms with Crippen LogP contribution in [0.1, 0.15) is 34.1 Å². The molecule has 0 aliphatic heterocycles.